The first-order valence-electron chi connectivity index (χ1n) is 10.3. The minimum atomic E-state index is -0.381. The molecule has 31 heavy (non-hydrogen) atoms. The van der Waals surface area contributed by atoms with E-state index in [0.29, 0.717) is 18.2 Å². The van der Waals surface area contributed by atoms with Crippen LogP contribution in [0.1, 0.15) is 50.4 Å². The zero-order valence-corrected chi connectivity index (χ0v) is 18.1. The van der Waals surface area contributed by atoms with Gasteiger partial charge in [-0.25, -0.2) is 14.8 Å². The number of aromatic nitrogens is 4. The SMILES string of the molecule is C=Nc1nc[nH]c1CN(C)CC(=O)Nc1cc([C@@H]2CC[C@H](OC(=O)NC(C)C)C2)[nH]n1. The topological polar surface area (TPSA) is 140 Å². The summed E-state index contributed by atoms with van der Waals surface area (Å²) >= 11 is 0. The van der Waals surface area contributed by atoms with Crippen LogP contribution in [0.3, 0.4) is 0 Å². The Balaban J connectivity index is 1.46. The molecule has 0 unspecified atom stereocenters. The number of nitrogens with one attached hydrogen (secondary N) is 4. The van der Waals surface area contributed by atoms with Crippen molar-refractivity contribution >= 4 is 30.4 Å². The number of aromatic amines is 2. The molecule has 2 atom stereocenters. The van der Waals surface area contributed by atoms with E-state index in [4.69, 9.17) is 4.74 Å². The lowest BCUT2D eigenvalue weighted by Gasteiger charge is -2.15. The maximum absolute atomic E-state index is 12.4. The molecule has 2 heterocycles. The number of aliphatic imine (C=N–C) groups is 1. The number of alkyl carbamates (subject to hydrolysis) is 1. The molecule has 2 amide bonds. The van der Waals surface area contributed by atoms with E-state index >= 15 is 0 Å². The minimum Gasteiger partial charge on any atom is -0.446 e. The average Bonchev–Trinajstić information content (AvgIpc) is 3.41. The van der Waals surface area contributed by atoms with Crippen LogP contribution in [-0.4, -0.2) is 69.5 Å². The van der Waals surface area contributed by atoms with Crippen molar-refractivity contribution in [1.29, 1.82) is 0 Å². The molecule has 2 aromatic heterocycles. The quantitative estimate of drug-likeness (QED) is 0.450. The second-order valence-electron chi connectivity index (χ2n) is 8.13. The lowest BCUT2D eigenvalue weighted by atomic mass is 10.0. The predicted molar refractivity (Wildman–Crippen MR) is 116 cm³/mol. The highest BCUT2D eigenvalue weighted by Crippen LogP contribution is 2.35. The van der Waals surface area contributed by atoms with Crippen LogP contribution in [0.2, 0.25) is 0 Å². The first kappa shape index (κ1) is 22.5. The van der Waals surface area contributed by atoms with Crippen molar-refractivity contribution in [2.75, 3.05) is 18.9 Å². The van der Waals surface area contributed by atoms with Gasteiger partial charge in [0.05, 0.1) is 18.6 Å². The van der Waals surface area contributed by atoms with Gasteiger partial charge in [-0.15, -0.1) is 0 Å². The van der Waals surface area contributed by atoms with Crippen molar-refractivity contribution in [1.82, 2.24) is 30.4 Å². The van der Waals surface area contributed by atoms with E-state index in [1.807, 2.05) is 31.9 Å². The fraction of sp³-hybridized carbons (Fsp3) is 0.550. The molecular weight excluding hydrogens is 400 g/mol. The summed E-state index contributed by atoms with van der Waals surface area (Å²) in [4.78, 5) is 36.9. The number of hydrogen-bond acceptors (Lipinski definition) is 7. The molecule has 1 saturated carbocycles. The molecule has 0 aliphatic heterocycles. The Bertz CT molecular complexity index is 906. The van der Waals surface area contributed by atoms with Crippen molar-refractivity contribution < 1.29 is 14.3 Å². The fourth-order valence-corrected chi connectivity index (χ4v) is 3.68. The molecule has 0 aromatic carbocycles. The van der Waals surface area contributed by atoms with E-state index in [1.165, 1.54) is 0 Å². The van der Waals surface area contributed by atoms with Gasteiger partial charge in [0.2, 0.25) is 5.91 Å². The Kier molecular flexibility index (Phi) is 7.40. The summed E-state index contributed by atoms with van der Waals surface area (Å²) in [6.45, 7) is 7.94. The maximum atomic E-state index is 12.4. The number of hydrogen-bond donors (Lipinski definition) is 4. The Hall–Kier alpha value is -3.21. The van der Waals surface area contributed by atoms with E-state index in [-0.39, 0.29) is 36.6 Å². The second kappa shape index (κ2) is 10.2. The first-order chi connectivity index (χ1) is 14.8. The van der Waals surface area contributed by atoms with Gasteiger partial charge in [0.15, 0.2) is 11.6 Å². The lowest BCUT2D eigenvalue weighted by molar-refractivity contribution is -0.117. The number of nitrogens with zero attached hydrogens (tertiary/aromatic N) is 4. The van der Waals surface area contributed by atoms with E-state index < -0.39 is 0 Å². The lowest BCUT2D eigenvalue weighted by Crippen LogP contribution is -2.33. The van der Waals surface area contributed by atoms with Gasteiger partial charge in [0, 0.05) is 30.3 Å². The van der Waals surface area contributed by atoms with Gasteiger partial charge in [0.25, 0.3) is 0 Å². The van der Waals surface area contributed by atoms with Crippen LogP contribution in [0.5, 0.6) is 0 Å². The molecule has 1 aliphatic carbocycles. The molecule has 4 N–H and O–H groups in total. The summed E-state index contributed by atoms with van der Waals surface area (Å²) < 4.78 is 5.47. The zero-order chi connectivity index (χ0) is 22.4. The summed E-state index contributed by atoms with van der Waals surface area (Å²) in [7, 11) is 1.83. The molecule has 168 valence electrons. The summed E-state index contributed by atoms with van der Waals surface area (Å²) in [5.74, 6) is 1.05. The van der Waals surface area contributed by atoms with Gasteiger partial charge < -0.3 is 20.4 Å². The van der Waals surface area contributed by atoms with Crippen molar-refractivity contribution in [3.05, 3.63) is 23.8 Å². The first-order valence-corrected chi connectivity index (χ1v) is 10.3. The molecule has 0 saturated heterocycles. The Labute approximate surface area is 181 Å². The van der Waals surface area contributed by atoms with Crippen LogP contribution in [0, 0.1) is 0 Å². The second-order valence-corrected chi connectivity index (χ2v) is 8.13. The van der Waals surface area contributed by atoms with Gasteiger partial charge >= 0.3 is 6.09 Å². The van der Waals surface area contributed by atoms with Crippen molar-refractivity contribution in [3.8, 4) is 0 Å². The predicted octanol–water partition coefficient (Wildman–Crippen LogP) is 2.31. The highest BCUT2D eigenvalue weighted by atomic mass is 16.6. The Morgan fingerprint density at radius 3 is 2.97 bits per heavy atom. The van der Waals surface area contributed by atoms with Crippen LogP contribution in [0.15, 0.2) is 17.4 Å². The van der Waals surface area contributed by atoms with Crippen LogP contribution in [-0.2, 0) is 16.1 Å². The summed E-state index contributed by atoms with van der Waals surface area (Å²) in [6.07, 6.45) is 3.48. The molecule has 1 fully saturated rings. The Morgan fingerprint density at radius 2 is 2.23 bits per heavy atom. The number of carbonyl (C=O) groups is 2. The number of anilines is 1. The summed E-state index contributed by atoms with van der Waals surface area (Å²) in [5.41, 5.74) is 1.73. The molecule has 0 bridgehead atoms. The molecule has 0 spiro atoms. The number of likely N-dealkylation sites (N-methyl/N-ethyl adjacent to an activating group) is 1. The number of imidazole rings is 1. The summed E-state index contributed by atoms with van der Waals surface area (Å²) in [6, 6.07) is 1.89. The van der Waals surface area contributed by atoms with Gasteiger partial charge in [-0.2, -0.15) is 5.10 Å². The third-order valence-corrected chi connectivity index (χ3v) is 5.06. The largest absolute Gasteiger partial charge is 0.446 e. The van der Waals surface area contributed by atoms with Gasteiger partial charge in [-0.05, 0) is 46.9 Å². The Morgan fingerprint density at radius 1 is 1.42 bits per heavy atom. The third-order valence-electron chi connectivity index (χ3n) is 5.06. The standard InChI is InChI=1S/C20H30N8O3/c1-12(2)24-20(30)31-14-6-5-13(7-14)15-8-17(27-26-15)25-18(29)10-28(4)9-16-19(21-3)23-11-22-16/h8,11-14H,3,5-7,9-10H2,1-2,4H3,(H,22,23)(H,24,30)(H2,25,26,27,29)/t13-,14+/m1/s1. The molecule has 0 radical (unpaired) electrons. The van der Waals surface area contributed by atoms with Gasteiger partial charge in [-0.3, -0.25) is 14.8 Å². The fourth-order valence-electron chi connectivity index (χ4n) is 3.68. The monoisotopic (exact) mass is 430 g/mol. The van der Waals surface area contributed by atoms with Gasteiger partial charge in [0.1, 0.15) is 6.10 Å². The molecule has 11 nitrogen and oxygen atoms in total. The molecule has 3 rings (SSSR count). The smallest absolute Gasteiger partial charge is 0.407 e. The number of ether oxygens (including phenoxy) is 1. The van der Waals surface area contributed by atoms with Crippen LogP contribution in [0.25, 0.3) is 0 Å². The summed E-state index contributed by atoms with van der Waals surface area (Å²) in [5, 5.41) is 12.7. The third kappa shape index (κ3) is 6.38. The number of amides is 2. The average molecular weight is 431 g/mol. The van der Waals surface area contributed by atoms with Crippen molar-refractivity contribution in [2.45, 2.75) is 57.7 Å². The highest BCUT2D eigenvalue weighted by molar-refractivity contribution is 5.91. The highest BCUT2D eigenvalue weighted by Gasteiger charge is 2.30. The normalized spacial score (nSPS) is 18.4. The minimum absolute atomic E-state index is 0.0442. The van der Waals surface area contributed by atoms with Crippen LogP contribution in [0.4, 0.5) is 16.4 Å². The van der Waals surface area contributed by atoms with Crippen molar-refractivity contribution in [2.24, 2.45) is 4.99 Å². The maximum Gasteiger partial charge on any atom is 0.407 e. The van der Waals surface area contributed by atoms with E-state index in [2.05, 4.69) is 42.5 Å². The zero-order valence-electron chi connectivity index (χ0n) is 18.1. The van der Waals surface area contributed by atoms with E-state index in [1.54, 1.807) is 6.33 Å². The van der Waals surface area contributed by atoms with Crippen LogP contribution >= 0.6 is 0 Å². The van der Waals surface area contributed by atoms with Gasteiger partial charge in [-0.1, -0.05) is 0 Å². The van der Waals surface area contributed by atoms with Crippen LogP contribution < -0.4 is 10.6 Å². The molecule has 2 aromatic rings. The number of carbonyl (C=O) groups excluding carboxylic acids is 2. The van der Waals surface area contributed by atoms with Crippen molar-refractivity contribution in [3.63, 3.8) is 0 Å². The number of H-pyrrole nitrogens is 2. The molecule has 1 aliphatic rings. The molecular formula is C20H30N8O3. The van der Waals surface area contributed by atoms with E-state index in [9.17, 15) is 9.59 Å². The van der Waals surface area contributed by atoms with E-state index in [0.717, 1.165) is 30.7 Å². The molecule has 11 heteroatoms. The number of rotatable bonds is 9.